The summed E-state index contributed by atoms with van der Waals surface area (Å²) in [5.74, 6) is 7.02. The van der Waals surface area contributed by atoms with Gasteiger partial charge in [0.05, 0.1) is 13.2 Å². The van der Waals surface area contributed by atoms with Crippen LogP contribution in [0.2, 0.25) is 0 Å². The lowest BCUT2D eigenvalue weighted by atomic mass is 9.99. The summed E-state index contributed by atoms with van der Waals surface area (Å²) in [6, 6.07) is 0. The van der Waals surface area contributed by atoms with Crippen molar-refractivity contribution in [2.24, 2.45) is 16.8 Å². The number of hydrogen-bond acceptors (Lipinski definition) is 3. The number of nitrogens with zero attached hydrogens (tertiary/aromatic N) is 1. The zero-order valence-corrected chi connectivity index (χ0v) is 9.67. The highest BCUT2D eigenvalue weighted by Crippen LogP contribution is 2.23. The molecule has 1 rings (SSSR count). The fourth-order valence-corrected chi connectivity index (χ4v) is 2.10. The van der Waals surface area contributed by atoms with Crippen molar-refractivity contribution in [2.45, 2.75) is 38.5 Å². The third-order valence-electron chi connectivity index (χ3n) is 2.97. The summed E-state index contributed by atoms with van der Waals surface area (Å²) in [5.41, 5.74) is 2.75. The molecule has 0 unspecified atom stereocenters. The minimum absolute atomic E-state index is 0.536. The molecule has 0 saturated heterocycles. The number of nitrogens with one attached hydrogen (secondary N) is 1. The van der Waals surface area contributed by atoms with Crippen LogP contribution in [0.4, 0.5) is 0 Å². The number of aliphatic imine (C=N–C) groups is 1. The molecule has 1 saturated carbocycles. The van der Waals surface area contributed by atoms with Crippen molar-refractivity contribution >= 4 is 5.84 Å². The van der Waals surface area contributed by atoms with Gasteiger partial charge in [-0.2, -0.15) is 0 Å². The number of hydrogen-bond donors (Lipinski definition) is 2. The molecule has 0 aromatic carbocycles. The largest absolute Gasteiger partial charge is 0.383 e. The van der Waals surface area contributed by atoms with Crippen molar-refractivity contribution in [3.63, 3.8) is 0 Å². The van der Waals surface area contributed by atoms with Gasteiger partial charge < -0.3 is 10.2 Å². The summed E-state index contributed by atoms with van der Waals surface area (Å²) in [5, 5.41) is 0. The summed E-state index contributed by atoms with van der Waals surface area (Å²) in [4.78, 5) is 4.45. The van der Waals surface area contributed by atoms with Crippen LogP contribution in [-0.2, 0) is 4.74 Å². The van der Waals surface area contributed by atoms with E-state index in [-0.39, 0.29) is 0 Å². The van der Waals surface area contributed by atoms with E-state index < -0.39 is 0 Å². The smallest absolute Gasteiger partial charge is 0.113 e. The van der Waals surface area contributed by atoms with E-state index in [9.17, 15) is 0 Å². The Bertz CT molecular complexity index is 186. The van der Waals surface area contributed by atoms with Crippen molar-refractivity contribution in [1.82, 2.24) is 5.43 Å². The fourth-order valence-electron chi connectivity index (χ4n) is 2.10. The van der Waals surface area contributed by atoms with Crippen LogP contribution >= 0.6 is 0 Å². The van der Waals surface area contributed by atoms with Gasteiger partial charge in [0.1, 0.15) is 5.84 Å². The van der Waals surface area contributed by atoms with Crippen molar-refractivity contribution in [3.05, 3.63) is 0 Å². The fraction of sp³-hybridized carbons (Fsp3) is 0.909. The average Bonchev–Trinajstić information content (AvgIpc) is 2.53. The number of hydrazine groups is 1. The van der Waals surface area contributed by atoms with Gasteiger partial charge in [-0.15, -0.1) is 0 Å². The van der Waals surface area contributed by atoms with Gasteiger partial charge in [0.2, 0.25) is 0 Å². The third-order valence-corrected chi connectivity index (χ3v) is 2.97. The summed E-state index contributed by atoms with van der Waals surface area (Å²) < 4.78 is 4.97. The van der Waals surface area contributed by atoms with Crippen LogP contribution in [0, 0.1) is 5.92 Å². The highest BCUT2D eigenvalue weighted by Gasteiger charge is 2.16. The lowest BCUT2D eigenvalue weighted by Crippen LogP contribution is -2.36. The Labute approximate surface area is 92.3 Å². The van der Waals surface area contributed by atoms with Crippen LogP contribution in [0.1, 0.15) is 38.5 Å². The molecule has 1 fully saturated rings. The number of ether oxygens (including phenoxy) is 1. The van der Waals surface area contributed by atoms with Crippen LogP contribution in [-0.4, -0.2) is 26.1 Å². The maximum Gasteiger partial charge on any atom is 0.113 e. The van der Waals surface area contributed by atoms with Crippen molar-refractivity contribution in [2.75, 3.05) is 20.3 Å². The van der Waals surface area contributed by atoms with Gasteiger partial charge in [0, 0.05) is 13.0 Å². The quantitative estimate of drug-likeness (QED) is 0.186. The molecule has 15 heavy (non-hydrogen) atoms. The molecule has 0 amide bonds. The zero-order valence-electron chi connectivity index (χ0n) is 9.67. The first-order chi connectivity index (χ1) is 7.38. The average molecular weight is 213 g/mol. The maximum absolute atomic E-state index is 5.52. The minimum Gasteiger partial charge on any atom is -0.383 e. The van der Waals surface area contributed by atoms with E-state index in [2.05, 4.69) is 10.4 Å². The molecule has 0 atom stereocenters. The van der Waals surface area contributed by atoms with Crippen molar-refractivity contribution in [1.29, 1.82) is 0 Å². The van der Waals surface area contributed by atoms with Crippen molar-refractivity contribution < 1.29 is 4.74 Å². The molecule has 0 aliphatic heterocycles. The zero-order chi connectivity index (χ0) is 10.9. The van der Waals surface area contributed by atoms with Crippen LogP contribution in [0.5, 0.6) is 0 Å². The van der Waals surface area contributed by atoms with Gasteiger partial charge in [-0.3, -0.25) is 4.99 Å². The van der Waals surface area contributed by atoms with E-state index in [1.54, 1.807) is 7.11 Å². The van der Waals surface area contributed by atoms with Crippen LogP contribution in [0.25, 0.3) is 0 Å². The lowest BCUT2D eigenvalue weighted by molar-refractivity contribution is 0.207. The molecule has 0 bridgehead atoms. The predicted molar refractivity (Wildman–Crippen MR) is 62.7 cm³/mol. The van der Waals surface area contributed by atoms with E-state index in [1.807, 2.05) is 0 Å². The first kappa shape index (κ1) is 12.5. The highest BCUT2D eigenvalue weighted by atomic mass is 16.5. The van der Waals surface area contributed by atoms with Gasteiger partial charge in [0.25, 0.3) is 0 Å². The van der Waals surface area contributed by atoms with E-state index in [0.29, 0.717) is 19.1 Å². The lowest BCUT2D eigenvalue weighted by Gasteiger charge is -2.16. The Morgan fingerprint density at radius 3 is 2.53 bits per heavy atom. The Morgan fingerprint density at radius 2 is 2.00 bits per heavy atom. The normalized spacial score (nSPS) is 20.0. The third kappa shape index (κ3) is 4.62. The molecule has 0 aromatic rings. The van der Waals surface area contributed by atoms with Crippen LogP contribution in [0.3, 0.4) is 0 Å². The molecule has 1 aliphatic carbocycles. The first-order valence-corrected chi connectivity index (χ1v) is 5.88. The molecule has 3 N–H and O–H groups in total. The first-order valence-electron chi connectivity index (χ1n) is 5.88. The van der Waals surface area contributed by atoms with Gasteiger partial charge in [-0.25, -0.2) is 5.84 Å². The molecule has 88 valence electrons. The minimum atomic E-state index is 0.536. The molecular formula is C11H23N3O. The maximum atomic E-state index is 5.52. The molecule has 0 radical (unpaired) electrons. The Balaban J connectivity index is 2.43. The Hall–Kier alpha value is -0.610. The van der Waals surface area contributed by atoms with Gasteiger partial charge in [-0.05, 0) is 12.8 Å². The number of nitrogens with two attached hydrogens (primary N) is 1. The number of rotatable bonds is 4. The Kier molecular flexibility index (Phi) is 6.36. The molecular weight excluding hydrogens is 190 g/mol. The van der Waals surface area contributed by atoms with E-state index in [0.717, 1.165) is 5.84 Å². The molecule has 0 heterocycles. The standard InChI is InChI=1S/C11H23N3O/c1-15-9-8-13-11(14-12)10-6-4-2-3-5-7-10/h10H,2-9,12H2,1H3,(H,13,14). The van der Waals surface area contributed by atoms with E-state index >= 15 is 0 Å². The van der Waals surface area contributed by atoms with E-state index in [1.165, 1.54) is 38.5 Å². The summed E-state index contributed by atoms with van der Waals surface area (Å²) >= 11 is 0. The van der Waals surface area contributed by atoms with Crippen LogP contribution in [0.15, 0.2) is 4.99 Å². The molecule has 1 aliphatic rings. The predicted octanol–water partition coefficient (Wildman–Crippen LogP) is 1.46. The van der Waals surface area contributed by atoms with Gasteiger partial charge >= 0.3 is 0 Å². The van der Waals surface area contributed by atoms with Crippen molar-refractivity contribution in [3.8, 4) is 0 Å². The van der Waals surface area contributed by atoms with Crippen LogP contribution < -0.4 is 11.3 Å². The molecule has 0 aromatic heterocycles. The summed E-state index contributed by atoms with van der Waals surface area (Å²) in [7, 11) is 1.69. The second kappa shape index (κ2) is 7.65. The number of methoxy groups -OCH3 is 1. The summed E-state index contributed by atoms with van der Waals surface area (Å²) in [6.07, 6.45) is 7.75. The second-order valence-electron chi connectivity index (χ2n) is 4.09. The van der Waals surface area contributed by atoms with Gasteiger partial charge in [0.15, 0.2) is 0 Å². The molecule has 0 spiro atoms. The molecule has 4 nitrogen and oxygen atoms in total. The SMILES string of the molecule is COCCN=C(NN)C1CCCCCC1. The number of amidine groups is 1. The van der Waals surface area contributed by atoms with Gasteiger partial charge in [-0.1, -0.05) is 25.7 Å². The summed E-state index contributed by atoms with van der Waals surface area (Å²) in [6.45, 7) is 1.37. The van der Waals surface area contributed by atoms with E-state index in [4.69, 9.17) is 10.6 Å². The Morgan fingerprint density at radius 1 is 1.33 bits per heavy atom. The second-order valence-corrected chi connectivity index (χ2v) is 4.09. The molecule has 4 heteroatoms. The monoisotopic (exact) mass is 213 g/mol. The topological polar surface area (TPSA) is 59.6 Å². The highest BCUT2D eigenvalue weighted by molar-refractivity contribution is 5.84.